The van der Waals surface area contributed by atoms with E-state index in [4.69, 9.17) is 40.5 Å². The van der Waals surface area contributed by atoms with Crippen LogP contribution in [0, 0.1) is 18.7 Å². The predicted molar refractivity (Wildman–Crippen MR) is 136 cm³/mol. The van der Waals surface area contributed by atoms with E-state index in [1.54, 1.807) is 25.1 Å². The van der Waals surface area contributed by atoms with Crippen LogP contribution in [0.3, 0.4) is 0 Å². The molecule has 0 spiro atoms. The Morgan fingerprint density at radius 2 is 1.73 bits per heavy atom. The number of hydrogen-bond acceptors (Lipinski definition) is 3. The van der Waals surface area contributed by atoms with Gasteiger partial charge in [0.15, 0.2) is 0 Å². The number of rotatable bonds is 5. The number of nitrogen functional groups attached to an aromatic ring is 1. The van der Waals surface area contributed by atoms with Crippen molar-refractivity contribution in [1.82, 2.24) is 0 Å². The molecule has 1 saturated carbocycles. The van der Waals surface area contributed by atoms with Crippen molar-refractivity contribution in [1.29, 1.82) is 0 Å². The van der Waals surface area contributed by atoms with E-state index in [0.717, 1.165) is 6.07 Å². The van der Waals surface area contributed by atoms with Crippen molar-refractivity contribution in [3.05, 3.63) is 87.7 Å². The van der Waals surface area contributed by atoms with Gasteiger partial charge in [-0.25, -0.2) is 4.39 Å². The summed E-state index contributed by atoms with van der Waals surface area (Å²) in [4.78, 5) is 25.8. The van der Waals surface area contributed by atoms with Crippen LogP contribution in [-0.2, 0) is 11.0 Å². The average molecular weight is 575 g/mol. The van der Waals surface area contributed by atoms with Crippen LogP contribution >= 0.6 is 34.8 Å². The lowest BCUT2D eigenvalue weighted by Crippen LogP contribution is -2.18. The summed E-state index contributed by atoms with van der Waals surface area (Å²) >= 11 is 18.7. The Morgan fingerprint density at radius 3 is 2.41 bits per heavy atom. The van der Waals surface area contributed by atoms with Gasteiger partial charge in [-0.15, -0.1) is 23.2 Å². The Hall–Kier alpha value is -3.01. The van der Waals surface area contributed by atoms with Gasteiger partial charge in [0.05, 0.1) is 22.1 Å². The first kappa shape index (κ1) is 27.0. The van der Waals surface area contributed by atoms with Gasteiger partial charge in [0, 0.05) is 23.0 Å². The molecular formula is C25H18Cl3F4N3O2. The maximum Gasteiger partial charge on any atom is 0.419 e. The number of hydrogen-bond donors (Lipinski definition) is 3. The first-order valence-electron chi connectivity index (χ1n) is 10.7. The molecule has 0 aromatic heterocycles. The minimum Gasteiger partial charge on any atom is -0.398 e. The molecule has 0 bridgehead atoms. The van der Waals surface area contributed by atoms with E-state index < -0.39 is 45.5 Å². The van der Waals surface area contributed by atoms with E-state index in [1.807, 2.05) is 0 Å². The highest BCUT2D eigenvalue weighted by atomic mass is 35.5. The third-order valence-corrected chi connectivity index (χ3v) is 7.36. The van der Waals surface area contributed by atoms with Crippen molar-refractivity contribution in [2.24, 2.45) is 5.92 Å². The first-order chi connectivity index (χ1) is 17.2. The minimum absolute atomic E-state index is 0.0347. The van der Waals surface area contributed by atoms with E-state index in [9.17, 15) is 27.2 Å². The molecule has 0 radical (unpaired) electrons. The average Bonchev–Trinajstić information content (AvgIpc) is 3.39. The number of alkyl halides is 5. The van der Waals surface area contributed by atoms with E-state index in [2.05, 4.69) is 10.6 Å². The number of nitrogens with two attached hydrogens (primary N) is 1. The SMILES string of the molecule is Cc1c(N)cccc1NC(=O)c1cc(NC(=O)[C@H]2[C@H](c3ccc(F)c(C(F)(F)F)c3)C2(Cl)Cl)ccc1Cl. The topological polar surface area (TPSA) is 84.2 Å². The lowest BCUT2D eigenvalue weighted by Gasteiger charge is -2.12. The lowest BCUT2D eigenvalue weighted by atomic mass is 10.0. The summed E-state index contributed by atoms with van der Waals surface area (Å²) in [5.41, 5.74) is 6.19. The van der Waals surface area contributed by atoms with Gasteiger partial charge in [-0.3, -0.25) is 9.59 Å². The number of halogens is 7. The van der Waals surface area contributed by atoms with Gasteiger partial charge < -0.3 is 16.4 Å². The van der Waals surface area contributed by atoms with Crippen molar-refractivity contribution < 1.29 is 27.2 Å². The molecule has 2 amide bonds. The molecule has 5 nitrogen and oxygen atoms in total. The van der Waals surface area contributed by atoms with Crippen molar-refractivity contribution >= 4 is 63.7 Å². The standard InChI is InChI=1S/C25H18Cl3F4N3O2/c1-11-18(33)3-2-4-19(11)35-22(36)14-10-13(6-7-16(14)26)34-23(37)21-20(24(21,27)28)12-5-8-17(29)15(9-12)25(30,31)32/h2-10,20-21H,33H2,1H3,(H,34,37)(H,35,36)/t20-,21+/m0/s1. The molecule has 0 aliphatic heterocycles. The zero-order valence-electron chi connectivity index (χ0n) is 18.9. The first-order valence-corrected chi connectivity index (χ1v) is 11.9. The molecule has 0 saturated heterocycles. The Morgan fingerprint density at radius 1 is 1.03 bits per heavy atom. The fourth-order valence-corrected chi connectivity index (χ4v) is 5.03. The van der Waals surface area contributed by atoms with E-state index in [1.165, 1.54) is 18.2 Å². The highest BCUT2D eigenvalue weighted by Crippen LogP contribution is 2.65. The van der Waals surface area contributed by atoms with Gasteiger partial charge in [0.1, 0.15) is 10.2 Å². The molecule has 0 unspecified atom stereocenters. The van der Waals surface area contributed by atoms with Gasteiger partial charge in [0.2, 0.25) is 5.91 Å². The monoisotopic (exact) mass is 573 g/mol. The second kappa shape index (κ2) is 9.70. The molecule has 194 valence electrons. The summed E-state index contributed by atoms with van der Waals surface area (Å²) in [5, 5.41) is 5.37. The van der Waals surface area contributed by atoms with Crippen LogP contribution in [-0.4, -0.2) is 16.1 Å². The minimum atomic E-state index is -4.93. The maximum atomic E-state index is 13.7. The summed E-state index contributed by atoms with van der Waals surface area (Å²) in [5.74, 6) is -4.86. The van der Waals surface area contributed by atoms with Crippen molar-refractivity contribution in [2.45, 2.75) is 23.4 Å². The predicted octanol–water partition coefficient (Wildman–Crippen LogP) is 7.17. The van der Waals surface area contributed by atoms with Gasteiger partial charge in [0.25, 0.3) is 5.91 Å². The highest BCUT2D eigenvalue weighted by Gasteiger charge is 2.67. The summed E-state index contributed by atoms with van der Waals surface area (Å²) in [7, 11) is 0. The summed E-state index contributed by atoms with van der Waals surface area (Å²) in [6.45, 7) is 1.73. The fraction of sp³-hybridized carbons (Fsp3) is 0.200. The number of benzene rings is 3. The zero-order valence-corrected chi connectivity index (χ0v) is 21.2. The fourth-order valence-electron chi connectivity index (χ4n) is 4.00. The molecule has 4 N–H and O–H groups in total. The van der Waals surface area contributed by atoms with Crippen LogP contribution in [0.25, 0.3) is 0 Å². The van der Waals surface area contributed by atoms with Crippen LogP contribution in [0.2, 0.25) is 5.02 Å². The molecule has 1 aliphatic carbocycles. The number of amides is 2. The number of carbonyl (C=O) groups is 2. The normalized spacial score (nSPS) is 18.3. The van der Waals surface area contributed by atoms with Crippen LogP contribution in [0.1, 0.15) is 33.0 Å². The lowest BCUT2D eigenvalue weighted by molar-refractivity contribution is -0.140. The molecule has 1 fully saturated rings. The van der Waals surface area contributed by atoms with E-state index >= 15 is 0 Å². The summed E-state index contributed by atoms with van der Waals surface area (Å²) in [6, 6.07) is 11.5. The number of anilines is 3. The van der Waals surface area contributed by atoms with Crippen molar-refractivity contribution in [3.8, 4) is 0 Å². The molecule has 12 heteroatoms. The van der Waals surface area contributed by atoms with Crippen molar-refractivity contribution in [2.75, 3.05) is 16.4 Å². The Kier molecular flexibility index (Phi) is 7.09. The summed E-state index contributed by atoms with van der Waals surface area (Å²) < 4.78 is 51.4. The number of carbonyl (C=O) groups excluding carboxylic acids is 2. The molecule has 3 aromatic carbocycles. The Balaban J connectivity index is 1.53. The zero-order chi connectivity index (χ0) is 27.3. The van der Waals surface area contributed by atoms with Crippen molar-refractivity contribution in [3.63, 3.8) is 0 Å². The second-order valence-electron chi connectivity index (χ2n) is 8.52. The second-order valence-corrected chi connectivity index (χ2v) is 10.4. The van der Waals surface area contributed by atoms with Gasteiger partial charge in [-0.05, 0) is 60.5 Å². The Bertz CT molecular complexity index is 1410. The largest absolute Gasteiger partial charge is 0.419 e. The molecular weight excluding hydrogens is 557 g/mol. The van der Waals surface area contributed by atoms with E-state index in [0.29, 0.717) is 29.1 Å². The third-order valence-electron chi connectivity index (χ3n) is 6.09. The third kappa shape index (κ3) is 5.35. The highest BCUT2D eigenvalue weighted by molar-refractivity contribution is 6.53. The van der Waals surface area contributed by atoms with Gasteiger partial charge in [-0.1, -0.05) is 23.7 Å². The Labute approximate surface area is 223 Å². The quantitative estimate of drug-likeness (QED) is 0.172. The van der Waals surface area contributed by atoms with E-state index in [-0.39, 0.29) is 21.8 Å². The van der Waals surface area contributed by atoms with Gasteiger partial charge >= 0.3 is 6.18 Å². The summed E-state index contributed by atoms with van der Waals surface area (Å²) in [6.07, 6.45) is -4.93. The molecule has 0 heterocycles. The molecule has 1 aliphatic rings. The molecule has 37 heavy (non-hydrogen) atoms. The van der Waals surface area contributed by atoms with Crippen LogP contribution < -0.4 is 16.4 Å². The number of nitrogens with one attached hydrogen (secondary N) is 2. The molecule has 2 atom stereocenters. The molecule has 4 rings (SSSR count). The molecule has 3 aromatic rings. The van der Waals surface area contributed by atoms with Crippen LogP contribution in [0.5, 0.6) is 0 Å². The smallest absolute Gasteiger partial charge is 0.398 e. The van der Waals surface area contributed by atoms with Crippen LogP contribution in [0.4, 0.5) is 34.6 Å². The van der Waals surface area contributed by atoms with Crippen LogP contribution in [0.15, 0.2) is 54.6 Å². The van der Waals surface area contributed by atoms with Gasteiger partial charge in [-0.2, -0.15) is 13.2 Å². The maximum absolute atomic E-state index is 13.7.